The van der Waals surface area contributed by atoms with E-state index in [1.54, 1.807) is 77.0 Å². The summed E-state index contributed by atoms with van der Waals surface area (Å²) in [4.78, 5) is 26.9. The predicted molar refractivity (Wildman–Crippen MR) is 131 cm³/mol. The van der Waals surface area contributed by atoms with E-state index in [9.17, 15) is 4.79 Å². The number of nitrogens with one attached hydrogen (secondary N) is 1. The van der Waals surface area contributed by atoms with Crippen LogP contribution in [0.4, 0.5) is 0 Å². The molecular weight excluding hydrogens is 456 g/mol. The summed E-state index contributed by atoms with van der Waals surface area (Å²) in [6.07, 6.45) is 7.03. The Morgan fingerprint density at radius 1 is 0.829 bits per heavy atom. The molecule has 10 nitrogen and oxygen atoms in total. The number of rotatable bonds is 14. The van der Waals surface area contributed by atoms with E-state index in [2.05, 4.69) is 10.8 Å². The minimum atomic E-state index is -0.748. The fraction of sp³-hybridized carbons (Fsp3) is 0.280. The Balaban J connectivity index is 1.72. The molecule has 0 amide bonds. The van der Waals surface area contributed by atoms with Crippen molar-refractivity contribution in [3.63, 3.8) is 0 Å². The average Bonchev–Trinajstić information content (AvgIpc) is 2.89. The Hall–Kier alpha value is -4.02. The van der Waals surface area contributed by atoms with Gasteiger partial charge in [0.1, 0.15) is 29.6 Å². The van der Waals surface area contributed by atoms with Gasteiger partial charge in [-0.1, -0.05) is 23.4 Å². The molecule has 35 heavy (non-hydrogen) atoms. The average molecular weight is 487 g/mol. The number of nitrogens with zero attached hydrogens (tertiary/aromatic N) is 1. The highest BCUT2D eigenvalue weighted by Gasteiger charge is 2.08. The van der Waals surface area contributed by atoms with Crippen molar-refractivity contribution >= 4 is 23.8 Å². The van der Waals surface area contributed by atoms with Gasteiger partial charge in [-0.25, -0.2) is 4.79 Å². The number of carbonyl (C=O) groups excluding carboxylic acids is 1. The third-order valence-corrected chi connectivity index (χ3v) is 4.51. The fourth-order valence-corrected chi connectivity index (χ4v) is 2.73. The zero-order chi connectivity index (χ0) is 25.5. The molecular formula is C25H30N2O8. The van der Waals surface area contributed by atoms with Gasteiger partial charge in [-0.15, -0.1) is 0 Å². The van der Waals surface area contributed by atoms with Crippen molar-refractivity contribution in [2.45, 2.75) is 6.92 Å². The molecule has 0 aliphatic carbocycles. The zero-order valence-electron chi connectivity index (χ0n) is 20.4. The Morgan fingerprint density at radius 2 is 1.37 bits per heavy atom. The number of benzene rings is 2. The molecule has 188 valence electrons. The van der Waals surface area contributed by atoms with Crippen LogP contribution in [0.3, 0.4) is 0 Å². The number of hydrogen-bond donors (Lipinski definition) is 1. The van der Waals surface area contributed by atoms with Crippen LogP contribution in [0.1, 0.15) is 18.1 Å². The maximum atomic E-state index is 11.9. The predicted octanol–water partition coefficient (Wildman–Crippen LogP) is 3.82. The molecule has 0 aliphatic heterocycles. The molecule has 0 fully saturated rings. The van der Waals surface area contributed by atoms with E-state index in [1.165, 1.54) is 6.92 Å². The Bertz CT molecular complexity index is 1050. The molecule has 0 bridgehead atoms. The van der Waals surface area contributed by atoms with E-state index in [-0.39, 0.29) is 18.9 Å². The Morgan fingerprint density at radius 3 is 1.89 bits per heavy atom. The first-order valence-corrected chi connectivity index (χ1v) is 10.5. The largest absolute Gasteiger partial charge is 0.497 e. The van der Waals surface area contributed by atoms with Crippen LogP contribution in [0.2, 0.25) is 0 Å². The number of hydrogen-bond acceptors (Lipinski definition) is 10. The third-order valence-electron chi connectivity index (χ3n) is 4.51. The highest BCUT2D eigenvalue weighted by atomic mass is 16.9. The van der Waals surface area contributed by atoms with Crippen LogP contribution in [0.15, 0.2) is 53.7 Å². The molecule has 0 unspecified atom stereocenters. The summed E-state index contributed by atoms with van der Waals surface area (Å²) in [5.41, 5.74) is 3.75. The summed E-state index contributed by atoms with van der Waals surface area (Å²) in [7, 11) is 6.34. The standard InChI is InChI=1S/C25H30N2O8/c1-18(26-33-14-6-8-19-16-21(29-2)10-12-23(19)31-4)25(28)35-27-34-15-7-9-20-17-22(30-3)11-13-24(20)32-5/h6-13,16-17,27H,14-15H2,1-5H3/b8-6+,9-7+,26-18?. The summed E-state index contributed by atoms with van der Waals surface area (Å²) in [5, 5.41) is 3.72. The number of methoxy groups -OCH3 is 4. The van der Waals surface area contributed by atoms with E-state index in [0.29, 0.717) is 23.0 Å². The molecule has 0 heterocycles. The summed E-state index contributed by atoms with van der Waals surface area (Å²) in [6, 6.07) is 10.9. The molecule has 0 saturated carbocycles. The molecule has 1 N–H and O–H groups in total. The van der Waals surface area contributed by atoms with Crippen molar-refractivity contribution in [3.8, 4) is 23.0 Å². The molecule has 2 aromatic carbocycles. The van der Waals surface area contributed by atoms with E-state index < -0.39 is 5.97 Å². The summed E-state index contributed by atoms with van der Waals surface area (Å²) in [5.74, 6) is 2.03. The molecule has 0 radical (unpaired) electrons. The smallest absolute Gasteiger partial charge is 0.376 e. The first kappa shape index (κ1) is 27.2. The van der Waals surface area contributed by atoms with E-state index >= 15 is 0 Å². The van der Waals surface area contributed by atoms with Gasteiger partial charge in [0.05, 0.1) is 35.0 Å². The summed E-state index contributed by atoms with van der Waals surface area (Å²) in [6.45, 7) is 1.71. The van der Waals surface area contributed by atoms with Gasteiger partial charge in [-0.05, 0) is 55.0 Å². The van der Waals surface area contributed by atoms with Gasteiger partial charge in [0.15, 0.2) is 5.71 Å². The lowest BCUT2D eigenvalue weighted by molar-refractivity contribution is -0.180. The zero-order valence-corrected chi connectivity index (χ0v) is 20.4. The van der Waals surface area contributed by atoms with Gasteiger partial charge in [0, 0.05) is 11.1 Å². The lowest BCUT2D eigenvalue weighted by atomic mass is 10.1. The van der Waals surface area contributed by atoms with Crippen LogP contribution in [-0.4, -0.2) is 53.3 Å². The number of ether oxygens (including phenoxy) is 4. The molecule has 0 saturated heterocycles. The van der Waals surface area contributed by atoms with Gasteiger partial charge >= 0.3 is 5.97 Å². The lowest BCUT2D eigenvalue weighted by Gasteiger charge is -2.07. The van der Waals surface area contributed by atoms with Gasteiger partial charge in [-0.3, -0.25) is 4.84 Å². The van der Waals surface area contributed by atoms with Crippen molar-refractivity contribution in [2.24, 2.45) is 5.16 Å². The van der Waals surface area contributed by atoms with Crippen LogP contribution < -0.4 is 24.6 Å². The second-order valence-electron chi connectivity index (χ2n) is 6.78. The molecule has 0 spiro atoms. The van der Waals surface area contributed by atoms with Crippen molar-refractivity contribution in [1.82, 2.24) is 5.64 Å². The van der Waals surface area contributed by atoms with Gasteiger partial charge in [0.25, 0.3) is 0 Å². The maximum absolute atomic E-state index is 11.9. The molecule has 0 aromatic heterocycles. The van der Waals surface area contributed by atoms with Crippen LogP contribution >= 0.6 is 0 Å². The van der Waals surface area contributed by atoms with Crippen LogP contribution in [0.5, 0.6) is 23.0 Å². The monoisotopic (exact) mass is 486 g/mol. The first-order valence-electron chi connectivity index (χ1n) is 10.5. The van der Waals surface area contributed by atoms with Crippen LogP contribution in [0.25, 0.3) is 12.2 Å². The topological polar surface area (TPSA) is 106 Å². The van der Waals surface area contributed by atoms with Crippen molar-refractivity contribution < 1.29 is 38.3 Å². The Labute approximate surface area is 204 Å². The highest BCUT2D eigenvalue weighted by Crippen LogP contribution is 2.25. The maximum Gasteiger partial charge on any atom is 0.376 e. The van der Waals surface area contributed by atoms with E-state index in [4.69, 9.17) is 33.5 Å². The Kier molecular flexibility index (Phi) is 11.7. The second-order valence-corrected chi connectivity index (χ2v) is 6.78. The second kappa shape index (κ2) is 15.0. The fourth-order valence-electron chi connectivity index (χ4n) is 2.73. The van der Waals surface area contributed by atoms with Gasteiger partial charge in [0.2, 0.25) is 0 Å². The van der Waals surface area contributed by atoms with Crippen LogP contribution in [0, 0.1) is 0 Å². The van der Waals surface area contributed by atoms with Gasteiger partial charge in [-0.2, -0.15) is 0 Å². The highest BCUT2D eigenvalue weighted by molar-refractivity contribution is 6.35. The molecule has 10 heteroatoms. The van der Waals surface area contributed by atoms with E-state index in [0.717, 1.165) is 11.1 Å². The summed E-state index contributed by atoms with van der Waals surface area (Å²) >= 11 is 0. The van der Waals surface area contributed by atoms with Crippen molar-refractivity contribution in [1.29, 1.82) is 0 Å². The third kappa shape index (κ3) is 9.03. The SMILES string of the molecule is COc1ccc(OC)c(/C=C/CON=C(C)C(=O)ONOC/C=C/c2cc(OC)ccc2OC)c1. The number of oxime groups is 1. The molecule has 0 aliphatic rings. The lowest BCUT2D eigenvalue weighted by Crippen LogP contribution is -2.25. The van der Waals surface area contributed by atoms with Crippen molar-refractivity contribution in [2.75, 3.05) is 41.7 Å². The minimum Gasteiger partial charge on any atom is -0.497 e. The normalized spacial score (nSPS) is 11.5. The summed E-state index contributed by atoms with van der Waals surface area (Å²) < 4.78 is 21.0. The first-order chi connectivity index (χ1) is 17.0. The quantitative estimate of drug-likeness (QED) is 0.242. The van der Waals surface area contributed by atoms with Crippen LogP contribution in [-0.2, 0) is 19.3 Å². The molecule has 2 rings (SSSR count). The van der Waals surface area contributed by atoms with E-state index in [1.807, 2.05) is 12.1 Å². The van der Waals surface area contributed by atoms with Gasteiger partial charge < -0.3 is 28.6 Å². The van der Waals surface area contributed by atoms with Crippen molar-refractivity contribution in [3.05, 3.63) is 59.7 Å². The minimum absolute atomic E-state index is 0.00474. The molecule has 0 atom stereocenters. The number of carbonyl (C=O) groups is 1. The molecule has 2 aromatic rings.